The van der Waals surface area contributed by atoms with Gasteiger partial charge >= 0.3 is 11.9 Å². The Labute approximate surface area is 123 Å². The van der Waals surface area contributed by atoms with E-state index in [4.69, 9.17) is 11.6 Å². The van der Waals surface area contributed by atoms with Crippen LogP contribution >= 0.6 is 11.6 Å². The van der Waals surface area contributed by atoms with Crippen LogP contribution in [0.2, 0.25) is 5.28 Å². The quantitative estimate of drug-likeness (QED) is 0.475. The van der Waals surface area contributed by atoms with Crippen LogP contribution in [0.1, 0.15) is 18.5 Å². The highest BCUT2D eigenvalue weighted by Gasteiger charge is 2.42. The number of nitrogens with zero attached hydrogens (tertiary/aromatic N) is 4. The van der Waals surface area contributed by atoms with Crippen molar-refractivity contribution in [2.24, 2.45) is 5.92 Å². The fourth-order valence-corrected chi connectivity index (χ4v) is 2.58. The molecule has 0 atom stereocenters. The van der Waals surface area contributed by atoms with Gasteiger partial charge in [-0.1, -0.05) is 0 Å². The van der Waals surface area contributed by atoms with Crippen molar-refractivity contribution in [3.05, 3.63) is 21.1 Å². The molecular formula is C11H12ClF3N4O2. The molecule has 0 unspecified atom stereocenters. The zero-order valence-corrected chi connectivity index (χ0v) is 11.8. The number of rotatable bonds is 2. The molecular weight excluding hydrogens is 313 g/mol. The van der Waals surface area contributed by atoms with E-state index in [1.165, 1.54) is 11.8 Å². The third-order valence-corrected chi connectivity index (χ3v) is 3.62. The van der Waals surface area contributed by atoms with Crippen molar-refractivity contribution in [3.63, 3.8) is 0 Å². The number of anilines is 1. The molecule has 116 valence electrons. The smallest absolute Gasteiger partial charge is 0.351 e. The lowest BCUT2D eigenvalue weighted by Crippen LogP contribution is -2.39. The molecule has 1 saturated heterocycles. The van der Waals surface area contributed by atoms with Crippen molar-refractivity contribution in [2.75, 3.05) is 18.0 Å². The average Bonchev–Trinajstić information content (AvgIpc) is 2.36. The fraction of sp³-hybridized carbons (Fsp3) is 0.636. The van der Waals surface area contributed by atoms with E-state index in [9.17, 15) is 23.3 Å². The van der Waals surface area contributed by atoms with Crippen molar-refractivity contribution in [3.8, 4) is 0 Å². The Morgan fingerprint density at radius 2 is 1.90 bits per heavy atom. The summed E-state index contributed by atoms with van der Waals surface area (Å²) in [6.45, 7) is 1.49. The summed E-state index contributed by atoms with van der Waals surface area (Å²) in [6.07, 6.45) is -4.49. The maximum absolute atomic E-state index is 12.6. The van der Waals surface area contributed by atoms with Crippen molar-refractivity contribution in [2.45, 2.75) is 25.9 Å². The highest BCUT2D eigenvalue weighted by Crippen LogP contribution is 2.37. The summed E-state index contributed by atoms with van der Waals surface area (Å²) < 4.78 is 37.9. The van der Waals surface area contributed by atoms with E-state index in [0.717, 1.165) is 0 Å². The summed E-state index contributed by atoms with van der Waals surface area (Å²) in [5.74, 6) is -1.40. The van der Waals surface area contributed by atoms with Gasteiger partial charge in [0, 0.05) is 13.1 Å². The monoisotopic (exact) mass is 324 g/mol. The second-order valence-electron chi connectivity index (χ2n) is 4.81. The summed E-state index contributed by atoms with van der Waals surface area (Å²) >= 11 is 5.70. The Hall–Kier alpha value is -1.64. The third kappa shape index (κ3) is 3.34. The highest BCUT2D eigenvalue weighted by atomic mass is 35.5. The van der Waals surface area contributed by atoms with Gasteiger partial charge in [0.05, 0.1) is 10.8 Å². The fourth-order valence-electron chi connectivity index (χ4n) is 2.37. The molecule has 6 nitrogen and oxygen atoms in total. The van der Waals surface area contributed by atoms with Crippen LogP contribution in [0.4, 0.5) is 24.7 Å². The first-order valence-corrected chi connectivity index (χ1v) is 6.58. The van der Waals surface area contributed by atoms with Gasteiger partial charge in [-0.05, 0) is 31.4 Å². The molecule has 0 spiro atoms. The van der Waals surface area contributed by atoms with Gasteiger partial charge in [0.1, 0.15) is 5.69 Å². The SMILES string of the molecule is Cc1nc(Cl)nc(N2CCC(C(F)(F)F)CC2)c1[N+](=O)[O-]. The van der Waals surface area contributed by atoms with Crippen LogP contribution < -0.4 is 4.90 Å². The number of hydrogen-bond donors (Lipinski definition) is 0. The standard InChI is InChI=1S/C11H12ClF3N4O2/c1-6-8(19(20)21)9(17-10(12)16-6)18-4-2-7(3-5-18)11(13,14)15/h7H,2-5H2,1H3. The van der Waals surface area contributed by atoms with Gasteiger partial charge in [0.15, 0.2) is 0 Å². The van der Waals surface area contributed by atoms with Crippen molar-refractivity contribution in [1.82, 2.24) is 9.97 Å². The lowest BCUT2D eigenvalue weighted by atomic mass is 9.96. The van der Waals surface area contributed by atoms with Crippen LogP contribution in [0.5, 0.6) is 0 Å². The van der Waals surface area contributed by atoms with Crippen LogP contribution in [-0.2, 0) is 0 Å². The number of aryl methyl sites for hydroxylation is 1. The minimum Gasteiger partial charge on any atom is -0.351 e. The molecule has 2 heterocycles. The molecule has 0 radical (unpaired) electrons. The van der Waals surface area contributed by atoms with E-state index in [2.05, 4.69) is 9.97 Å². The number of alkyl halides is 3. The van der Waals surface area contributed by atoms with Crippen molar-refractivity contribution >= 4 is 23.1 Å². The molecule has 2 rings (SSSR count). The molecule has 1 fully saturated rings. The van der Waals surface area contributed by atoms with Gasteiger partial charge in [-0.3, -0.25) is 10.1 Å². The zero-order chi connectivity index (χ0) is 15.8. The largest absolute Gasteiger partial charge is 0.391 e. The molecule has 21 heavy (non-hydrogen) atoms. The molecule has 10 heteroatoms. The Morgan fingerprint density at radius 1 is 1.33 bits per heavy atom. The van der Waals surface area contributed by atoms with Crippen LogP contribution in [0, 0.1) is 23.0 Å². The van der Waals surface area contributed by atoms with E-state index < -0.39 is 17.0 Å². The summed E-state index contributed by atoms with van der Waals surface area (Å²) in [6, 6.07) is 0. The third-order valence-electron chi connectivity index (χ3n) is 3.45. The van der Waals surface area contributed by atoms with Gasteiger partial charge in [-0.25, -0.2) is 4.98 Å². The van der Waals surface area contributed by atoms with Crippen molar-refractivity contribution in [1.29, 1.82) is 0 Å². The van der Waals surface area contributed by atoms with Gasteiger partial charge in [0.2, 0.25) is 11.1 Å². The van der Waals surface area contributed by atoms with Crippen LogP contribution in [0.25, 0.3) is 0 Å². The second-order valence-corrected chi connectivity index (χ2v) is 5.15. The summed E-state index contributed by atoms with van der Waals surface area (Å²) in [7, 11) is 0. The zero-order valence-electron chi connectivity index (χ0n) is 11.0. The Balaban J connectivity index is 2.26. The Bertz CT molecular complexity index is 559. The van der Waals surface area contributed by atoms with E-state index in [-0.39, 0.29) is 48.4 Å². The molecule has 0 aliphatic carbocycles. The predicted octanol–water partition coefficient (Wildman–Crippen LogP) is 3.13. The molecule has 1 aliphatic rings. The summed E-state index contributed by atoms with van der Waals surface area (Å²) in [5.41, 5.74) is -0.224. The number of halogens is 4. The maximum Gasteiger partial charge on any atom is 0.391 e. The van der Waals surface area contributed by atoms with E-state index in [0.29, 0.717) is 0 Å². The molecule has 0 amide bonds. The van der Waals surface area contributed by atoms with Crippen LogP contribution in [0.3, 0.4) is 0 Å². The molecule has 0 saturated carbocycles. The molecule has 0 bridgehead atoms. The average molecular weight is 325 g/mol. The number of aromatic nitrogens is 2. The minimum absolute atomic E-state index is 0.0156. The van der Waals surface area contributed by atoms with Crippen LogP contribution in [-0.4, -0.2) is 34.2 Å². The van der Waals surface area contributed by atoms with Crippen LogP contribution in [0.15, 0.2) is 0 Å². The summed E-state index contributed by atoms with van der Waals surface area (Å²) in [5, 5.41) is 10.9. The van der Waals surface area contributed by atoms with Gasteiger partial charge in [-0.2, -0.15) is 18.2 Å². The lowest BCUT2D eigenvalue weighted by Gasteiger charge is -2.33. The molecule has 0 N–H and O–H groups in total. The van der Waals surface area contributed by atoms with Gasteiger partial charge < -0.3 is 4.90 Å². The maximum atomic E-state index is 12.6. The van der Waals surface area contributed by atoms with E-state index in [1.54, 1.807) is 0 Å². The van der Waals surface area contributed by atoms with Gasteiger partial charge in [0.25, 0.3) is 0 Å². The normalized spacial score (nSPS) is 17.1. The van der Waals surface area contributed by atoms with E-state index >= 15 is 0 Å². The minimum atomic E-state index is -4.24. The first-order valence-electron chi connectivity index (χ1n) is 6.20. The topological polar surface area (TPSA) is 72.2 Å². The molecule has 1 aromatic heterocycles. The first-order chi connectivity index (χ1) is 9.70. The number of hydrogen-bond acceptors (Lipinski definition) is 5. The molecule has 1 aliphatic heterocycles. The second kappa shape index (κ2) is 5.63. The number of piperidine rings is 1. The molecule has 0 aromatic carbocycles. The first kappa shape index (κ1) is 15.7. The lowest BCUT2D eigenvalue weighted by molar-refractivity contribution is -0.385. The number of nitro groups is 1. The Kier molecular flexibility index (Phi) is 4.22. The van der Waals surface area contributed by atoms with Gasteiger partial charge in [-0.15, -0.1) is 0 Å². The predicted molar refractivity (Wildman–Crippen MR) is 69.4 cm³/mol. The summed E-state index contributed by atoms with van der Waals surface area (Å²) in [4.78, 5) is 19.4. The van der Waals surface area contributed by atoms with Crippen molar-refractivity contribution < 1.29 is 18.1 Å². The Morgan fingerprint density at radius 3 is 2.38 bits per heavy atom. The molecule has 1 aromatic rings. The van der Waals surface area contributed by atoms with E-state index in [1.807, 2.05) is 0 Å². The highest BCUT2D eigenvalue weighted by molar-refractivity contribution is 6.28.